The smallest absolute Gasteiger partial charge is 0.220 e. The number of carbonyl (C=O) groups excluding carboxylic acids is 1. The maximum Gasteiger partial charge on any atom is 0.220 e. The third kappa shape index (κ3) is 2.86. The summed E-state index contributed by atoms with van der Waals surface area (Å²) in [4.78, 5) is 14.6. The van der Waals surface area contributed by atoms with Crippen molar-refractivity contribution in [2.75, 3.05) is 32.7 Å². The number of hydrogen-bond acceptors (Lipinski definition) is 3. The van der Waals surface area contributed by atoms with Gasteiger partial charge in [-0.05, 0) is 63.7 Å². The highest BCUT2D eigenvalue weighted by molar-refractivity contribution is 5.76. The molecule has 2 atom stereocenters. The fraction of sp³-hybridized carbons (Fsp3) is 0.929. The zero-order chi connectivity index (χ0) is 12.4. The highest BCUT2D eigenvalue weighted by Crippen LogP contribution is 2.27. The van der Waals surface area contributed by atoms with Crippen LogP contribution in [0.2, 0.25) is 0 Å². The van der Waals surface area contributed by atoms with Gasteiger partial charge in [0.15, 0.2) is 0 Å². The molecule has 18 heavy (non-hydrogen) atoms. The Balaban J connectivity index is 1.45. The number of fused-ring (bicyclic) bond motifs is 3. The molecule has 1 amide bonds. The Morgan fingerprint density at radius 2 is 2.11 bits per heavy atom. The topological polar surface area (TPSA) is 44.4 Å². The fourth-order valence-electron chi connectivity index (χ4n) is 3.75. The first-order chi connectivity index (χ1) is 8.81. The minimum Gasteiger partial charge on any atom is -0.352 e. The van der Waals surface area contributed by atoms with Gasteiger partial charge < -0.3 is 15.5 Å². The summed E-state index contributed by atoms with van der Waals surface area (Å²) in [5.74, 6) is 1.57. The average molecular weight is 251 g/mol. The van der Waals surface area contributed by atoms with Gasteiger partial charge in [0.25, 0.3) is 0 Å². The van der Waals surface area contributed by atoms with E-state index in [0.717, 1.165) is 32.0 Å². The van der Waals surface area contributed by atoms with Crippen molar-refractivity contribution in [3.8, 4) is 0 Å². The second-order valence-corrected chi connectivity index (χ2v) is 6.23. The molecule has 4 rings (SSSR count). The van der Waals surface area contributed by atoms with Crippen LogP contribution >= 0.6 is 0 Å². The highest BCUT2D eigenvalue weighted by atomic mass is 16.1. The van der Waals surface area contributed by atoms with Gasteiger partial charge in [0.05, 0.1) is 0 Å². The largest absolute Gasteiger partial charge is 0.352 e. The molecule has 0 saturated carbocycles. The van der Waals surface area contributed by atoms with E-state index in [1.165, 1.54) is 38.8 Å². The lowest BCUT2D eigenvalue weighted by Gasteiger charge is -2.45. The van der Waals surface area contributed by atoms with E-state index < -0.39 is 0 Å². The van der Waals surface area contributed by atoms with E-state index in [1.54, 1.807) is 0 Å². The molecule has 2 bridgehead atoms. The number of carbonyl (C=O) groups is 1. The molecule has 4 aliphatic rings. The molecule has 0 aromatic carbocycles. The summed E-state index contributed by atoms with van der Waals surface area (Å²) in [5.41, 5.74) is 0. The van der Waals surface area contributed by atoms with Crippen LogP contribution in [0.1, 0.15) is 32.1 Å². The van der Waals surface area contributed by atoms with Crippen molar-refractivity contribution < 1.29 is 4.79 Å². The van der Waals surface area contributed by atoms with E-state index in [4.69, 9.17) is 0 Å². The number of hydrogen-bond donors (Lipinski definition) is 2. The van der Waals surface area contributed by atoms with Crippen LogP contribution in [0.15, 0.2) is 0 Å². The van der Waals surface area contributed by atoms with Crippen LogP contribution < -0.4 is 10.6 Å². The van der Waals surface area contributed by atoms with Gasteiger partial charge in [0.2, 0.25) is 5.91 Å². The molecule has 4 fully saturated rings. The van der Waals surface area contributed by atoms with Crippen molar-refractivity contribution in [3.63, 3.8) is 0 Å². The van der Waals surface area contributed by atoms with Crippen LogP contribution in [0.3, 0.4) is 0 Å². The average Bonchev–Trinajstić information content (AvgIpc) is 2.41. The molecule has 2 N–H and O–H groups in total. The first-order valence-corrected chi connectivity index (χ1v) is 7.53. The predicted molar refractivity (Wildman–Crippen MR) is 71.3 cm³/mol. The van der Waals surface area contributed by atoms with Gasteiger partial charge in [-0.1, -0.05) is 0 Å². The van der Waals surface area contributed by atoms with Crippen LogP contribution in [-0.2, 0) is 4.79 Å². The minimum absolute atomic E-state index is 0.280. The predicted octanol–water partition coefficient (Wildman–Crippen LogP) is 0.587. The third-order valence-corrected chi connectivity index (χ3v) is 4.88. The second-order valence-electron chi connectivity index (χ2n) is 6.23. The molecule has 0 aromatic rings. The summed E-state index contributed by atoms with van der Waals surface area (Å²) < 4.78 is 0. The van der Waals surface area contributed by atoms with Gasteiger partial charge >= 0.3 is 0 Å². The van der Waals surface area contributed by atoms with Crippen LogP contribution in [0.4, 0.5) is 0 Å². The lowest BCUT2D eigenvalue weighted by molar-refractivity contribution is -0.124. The van der Waals surface area contributed by atoms with E-state index in [0.29, 0.717) is 12.0 Å². The third-order valence-electron chi connectivity index (χ3n) is 4.88. The Kier molecular flexibility index (Phi) is 3.85. The number of rotatable bonds is 3. The summed E-state index contributed by atoms with van der Waals surface area (Å²) in [6, 6.07) is 0.427. The Bertz CT molecular complexity index is 293. The van der Waals surface area contributed by atoms with Crippen molar-refractivity contribution in [2.24, 2.45) is 11.8 Å². The molecule has 4 heteroatoms. The Morgan fingerprint density at radius 3 is 2.72 bits per heavy atom. The Morgan fingerprint density at radius 1 is 1.28 bits per heavy atom. The van der Waals surface area contributed by atoms with E-state index in [-0.39, 0.29) is 5.91 Å². The number of amides is 1. The number of nitrogens with one attached hydrogen (secondary N) is 2. The molecule has 4 nitrogen and oxygen atoms in total. The zero-order valence-electron chi connectivity index (χ0n) is 11.2. The minimum atomic E-state index is 0.280. The first-order valence-electron chi connectivity index (χ1n) is 7.53. The highest BCUT2D eigenvalue weighted by Gasteiger charge is 2.34. The number of nitrogens with zero attached hydrogens (tertiary/aromatic N) is 1. The molecule has 0 aliphatic carbocycles. The van der Waals surface area contributed by atoms with Crippen LogP contribution in [0, 0.1) is 11.8 Å². The second kappa shape index (κ2) is 5.57. The SMILES string of the molecule is O=C(CC1CCCNC1)NC1CN2CCC1CC2. The molecule has 2 unspecified atom stereocenters. The fourth-order valence-corrected chi connectivity index (χ4v) is 3.75. The molecule has 4 heterocycles. The van der Waals surface area contributed by atoms with E-state index in [2.05, 4.69) is 15.5 Å². The first kappa shape index (κ1) is 12.4. The number of piperidine rings is 4. The van der Waals surface area contributed by atoms with Crippen molar-refractivity contribution in [1.82, 2.24) is 15.5 Å². The van der Waals surface area contributed by atoms with Gasteiger partial charge in [-0.15, -0.1) is 0 Å². The van der Waals surface area contributed by atoms with Crippen LogP contribution in [0.5, 0.6) is 0 Å². The van der Waals surface area contributed by atoms with Crippen molar-refractivity contribution in [3.05, 3.63) is 0 Å². The molecular formula is C14H25N3O. The molecule has 4 saturated heterocycles. The molecule has 0 spiro atoms. The normalized spacial score (nSPS) is 39.6. The van der Waals surface area contributed by atoms with E-state index >= 15 is 0 Å². The molecule has 0 aromatic heterocycles. The maximum atomic E-state index is 12.1. The van der Waals surface area contributed by atoms with Gasteiger partial charge in [0.1, 0.15) is 0 Å². The maximum absolute atomic E-state index is 12.1. The van der Waals surface area contributed by atoms with Gasteiger partial charge in [-0.2, -0.15) is 0 Å². The Hall–Kier alpha value is -0.610. The molecule has 4 aliphatic heterocycles. The summed E-state index contributed by atoms with van der Waals surface area (Å²) in [7, 11) is 0. The molecule has 102 valence electrons. The van der Waals surface area contributed by atoms with Crippen LogP contribution in [-0.4, -0.2) is 49.6 Å². The van der Waals surface area contributed by atoms with Crippen LogP contribution in [0.25, 0.3) is 0 Å². The van der Waals surface area contributed by atoms with Crippen molar-refractivity contribution in [1.29, 1.82) is 0 Å². The van der Waals surface area contributed by atoms with Crippen molar-refractivity contribution >= 4 is 5.91 Å². The zero-order valence-corrected chi connectivity index (χ0v) is 11.2. The van der Waals surface area contributed by atoms with Crippen molar-refractivity contribution in [2.45, 2.75) is 38.1 Å². The quantitative estimate of drug-likeness (QED) is 0.771. The summed E-state index contributed by atoms with van der Waals surface area (Å²) in [6.45, 7) is 5.71. The Labute approximate surface area is 109 Å². The lowest BCUT2D eigenvalue weighted by atomic mass is 9.84. The summed E-state index contributed by atoms with van der Waals surface area (Å²) in [6.07, 6.45) is 5.69. The molecular weight excluding hydrogens is 226 g/mol. The molecule has 0 radical (unpaired) electrons. The van der Waals surface area contributed by atoms with Gasteiger partial charge in [0, 0.05) is 19.0 Å². The van der Waals surface area contributed by atoms with E-state index in [9.17, 15) is 4.79 Å². The lowest BCUT2D eigenvalue weighted by Crippen LogP contribution is -2.57. The standard InChI is InChI=1S/C14H25N3O/c18-14(8-11-2-1-5-15-9-11)16-13-10-17-6-3-12(13)4-7-17/h11-13,15H,1-10H2,(H,16,18). The van der Waals surface area contributed by atoms with Gasteiger partial charge in [-0.25, -0.2) is 0 Å². The summed E-state index contributed by atoms with van der Waals surface area (Å²) >= 11 is 0. The van der Waals surface area contributed by atoms with Gasteiger partial charge in [-0.3, -0.25) is 4.79 Å². The summed E-state index contributed by atoms with van der Waals surface area (Å²) in [5, 5.41) is 6.67. The van der Waals surface area contributed by atoms with E-state index in [1.807, 2.05) is 0 Å². The monoisotopic (exact) mass is 251 g/mol.